The van der Waals surface area contributed by atoms with Crippen LogP contribution in [0.2, 0.25) is 0 Å². The van der Waals surface area contributed by atoms with Crippen LogP contribution in [0.5, 0.6) is 0 Å². The smallest absolute Gasteiger partial charge is 0.243 e. The molecule has 150 valence electrons. The normalized spacial score (nSPS) is 20.5. The van der Waals surface area contributed by atoms with Crippen molar-refractivity contribution in [2.45, 2.75) is 57.0 Å². The van der Waals surface area contributed by atoms with Crippen molar-refractivity contribution in [1.82, 2.24) is 4.31 Å². The first-order valence-electron chi connectivity index (χ1n) is 9.55. The van der Waals surface area contributed by atoms with E-state index in [9.17, 15) is 8.42 Å². The van der Waals surface area contributed by atoms with Gasteiger partial charge in [0.15, 0.2) is 5.11 Å². The van der Waals surface area contributed by atoms with E-state index >= 15 is 0 Å². The molecule has 0 bridgehead atoms. The predicted molar refractivity (Wildman–Crippen MR) is 119 cm³/mol. The van der Waals surface area contributed by atoms with Gasteiger partial charge in [-0.1, -0.05) is 24.1 Å². The van der Waals surface area contributed by atoms with Gasteiger partial charge in [0.2, 0.25) is 10.0 Å². The van der Waals surface area contributed by atoms with Crippen LogP contribution in [0.1, 0.15) is 38.7 Å². The molecule has 0 saturated carbocycles. The molecule has 2 N–H and O–H groups in total. The highest BCUT2D eigenvalue weighted by Gasteiger charge is 2.35. The first kappa shape index (κ1) is 20.8. The minimum atomic E-state index is -3.50. The zero-order chi connectivity index (χ0) is 20.3. The number of hydrogen-bond donors (Lipinski definition) is 2. The second-order valence-electron chi connectivity index (χ2n) is 7.43. The fraction of sp³-hybridized carbons (Fsp3) is 0.381. The molecular weight excluding hydrogens is 390 g/mol. The Hall–Kier alpha value is -1.96. The summed E-state index contributed by atoms with van der Waals surface area (Å²) in [6, 6.07) is 14.8. The van der Waals surface area contributed by atoms with E-state index in [2.05, 4.69) is 10.6 Å². The van der Waals surface area contributed by atoms with Crippen LogP contribution in [0.4, 0.5) is 11.4 Å². The number of thiocarbonyl (C=S) groups is 1. The van der Waals surface area contributed by atoms with Gasteiger partial charge in [-0.25, -0.2) is 8.42 Å². The Morgan fingerprint density at radius 1 is 0.929 bits per heavy atom. The first-order valence-corrected chi connectivity index (χ1v) is 11.4. The Labute approximate surface area is 173 Å². The molecule has 1 fully saturated rings. The maximum atomic E-state index is 13.1. The minimum absolute atomic E-state index is 0.0258. The van der Waals surface area contributed by atoms with Crippen LogP contribution in [0.3, 0.4) is 0 Å². The molecule has 1 saturated heterocycles. The highest BCUT2D eigenvalue weighted by Crippen LogP contribution is 2.30. The van der Waals surface area contributed by atoms with E-state index < -0.39 is 10.0 Å². The molecule has 1 heterocycles. The number of rotatable bonds is 4. The van der Waals surface area contributed by atoms with Crippen LogP contribution >= 0.6 is 12.2 Å². The Balaban J connectivity index is 1.68. The maximum absolute atomic E-state index is 13.1. The topological polar surface area (TPSA) is 61.4 Å². The maximum Gasteiger partial charge on any atom is 0.243 e. The Morgan fingerprint density at radius 3 is 1.89 bits per heavy atom. The number of benzene rings is 2. The molecule has 5 nitrogen and oxygen atoms in total. The van der Waals surface area contributed by atoms with E-state index in [1.54, 1.807) is 28.6 Å². The van der Waals surface area contributed by atoms with E-state index in [1.165, 1.54) is 5.56 Å². The summed E-state index contributed by atoms with van der Waals surface area (Å²) in [7, 11) is -3.50. The molecule has 0 spiro atoms. The number of nitrogens with one attached hydrogen (secondary N) is 2. The van der Waals surface area contributed by atoms with Gasteiger partial charge in [-0.3, -0.25) is 0 Å². The van der Waals surface area contributed by atoms with E-state index in [1.807, 2.05) is 45.0 Å². The lowest BCUT2D eigenvalue weighted by atomic mass is 10.0. The lowest BCUT2D eigenvalue weighted by Gasteiger charge is -2.37. The highest BCUT2D eigenvalue weighted by molar-refractivity contribution is 7.89. The van der Waals surface area contributed by atoms with Gasteiger partial charge in [0.1, 0.15) is 0 Å². The Morgan fingerprint density at radius 2 is 1.39 bits per heavy atom. The number of piperidine rings is 1. The molecule has 0 radical (unpaired) electrons. The largest absolute Gasteiger partial charge is 0.332 e. The summed E-state index contributed by atoms with van der Waals surface area (Å²) in [5.74, 6) is 0. The second-order valence-corrected chi connectivity index (χ2v) is 9.68. The van der Waals surface area contributed by atoms with Gasteiger partial charge in [0, 0.05) is 23.5 Å². The van der Waals surface area contributed by atoms with Gasteiger partial charge in [-0.05, 0) is 82.2 Å². The summed E-state index contributed by atoms with van der Waals surface area (Å²) >= 11 is 5.34. The molecule has 0 aromatic heterocycles. The van der Waals surface area contributed by atoms with Gasteiger partial charge in [0.05, 0.1) is 4.90 Å². The van der Waals surface area contributed by atoms with E-state index in [0.29, 0.717) is 10.0 Å². The van der Waals surface area contributed by atoms with Crippen molar-refractivity contribution < 1.29 is 8.42 Å². The zero-order valence-electron chi connectivity index (χ0n) is 16.5. The lowest BCUT2D eigenvalue weighted by Crippen LogP contribution is -2.47. The van der Waals surface area contributed by atoms with Crippen molar-refractivity contribution in [1.29, 1.82) is 0 Å². The number of anilines is 2. The Bertz CT molecular complexity index is 915. The third-order valence-electron chi connectivity index (χ3n) is 5.11. The van der Waals surface area contributed by atoms with E-state index in [0.717, 1.165) is 30.6 Å². The van der Waals surface area contributed by atoms with Gasteiger partial charge in [-0.2, -0.15) is 4.31 Å². The average molecular weight is 418 g/mol. The summed E-state index contributed by atoms with van der Waals surface area (Å²) in [5, 5.41) is 6.67. The predicted octanol–water partition coefficient (Wildman–Crippen LogP) is 4.76. The van der Waals surface area contributed by atoms with Crippen molar-refractivity contribution in [2.24, 2.45) is 0 Å². The van der Waals surface area contributed by atoms with Crippen LogP contribution < -0.4 is 10.6 Å². The molecule has 2 aromatic carbocycles. The summed E-state index contributed by atoms with van der Waals surface area (Å²) < 4.78 is 27.8. The lowest BCUT2D eigenvalue weighted by molar-refractivity contribution is 0.204. The van der Waals surface area contributed by atoms with Crippen LogP contribution in [-0.4, -0.2) is 29.9 Å². The summed E-state index contributed by atoms with van der Waals surface area (Å²) in [5.41, 5.74) is 2.82. The quantitative estimate of drug-likeness (QED) is 0.703. The molecule has 1 aliphatic heterocycles. The zero-order valence-corrected chi connectivity index (χ0v) is 18.1. The second kappa shape index (κ2) is 8.59. The van der Waals surface area contributed by atoms with Crippen LogP contribution in [0.25, 0.3) is 0 Å². The van der Waals surface area contributed by atoms with Crippen LogP contribution in [0.15, 0.2) is 53.4 Å². The summed E-state index contributed by atoms with van der Waals surface area (Å²) in [6.07, 6.45) is 2.88. The standard InChI is InChI=1S/C21H27N3O2S2/c1-15-7-9-18(10-8-15)22-21(27)23-19-11-13-20(14-12-19)28(25,26)24-16(2)5-4-6-17(24)3/h7-14,16-17H,4-6H2,1-3H3,(H2,22,23,27)/t16-,17-/m0/s1. The van der Waals surface area contributed by atoms with Gasteiger partial charge < -0.3 is 10.6 Å². The van der Waals surface area contributed by atoms with E-state index in [4.69, 9.17) is 12.2 Å². The van der Waals surface area contributed by atoms with Crippen molar-refractivity contribution >= 4 is 38.7 Å². The molecular formula is C21H27N3O2S2. The minimum Gasteiger partial charge on any atom is -0.332 e. The van der Waals surface area contributed by atoms with E-state index in [-0.39, 0.29) is 12.1 Å². The monoisotopic (exact) mass is 417 g/mol. The molecule has 2 aromatic rings. The molecule has 2 atom stereocenters. The van der Waals surface area contributed by atoms with Crippen molar-refractivity contribution in [3.8, 4) is 0 Å². The fourth-order valence-corrected chi connectivity index (χ4v) is 5.75. The van der Waals surface area contributed by atoms with Gasteiger partial charge in [0.25, 0.3) is 0 Å². The molecule has 0 aliphatic carbocycles. The van der Waals surface area contributed by atoms with Crippen molar-refractivity contribution in [3.05, 3.63) is 54.1 Å². The number of aryl methyl sites for hydroxylation is 1. The molecule has 3 rings (SSSR count). The van der Waals surface area contributed by atoms with Crippen molar-refractivity contribution in [3.63, 3.8) is 0 Å². The fourth-order valence-electron chi connectivity index (χ4n) is 3.63. The van der Waals surface area contributed by atoms with Gasteiger partial charge in [-0.15, -0.1) is 0 Å². The first-order chi connectivity index (χ1) is 13.3. The highest BCUT2D eigenvalue weighted by atomic mass is 32.2. The average Bonchev–Trinajstić information content (AvgIpc) is 2.64. The molecule has 0 amide bonds. The number of nitrogens with zero attached hydrogens (tertiary/aromatic N) is 1. The molecule has 0 unspecified atom stereocenters. The molecule has 1 aliphatic rings. The third kappa shape index (κ3) is 4.71. The number of sulfonamides is 1. The van der Waals surface area contributed by atoms with Crippen molar-refractivity contribution in [2.75, 3.05) is 10.6 Å². The number of hydrogen-bond acceptors (Lipinski definition) is 3. The summed E-state index contributed by atoms with van der Waals surface area (Å²) in [6.45, 7) is 6.00. The van der Waals surface area contributed by atoms with Crippen LogP contribution in [-0.2, 0) is 10.0 Å². The SMILES string of the molecule is Cc1ccc(NC(=S)Nc2ccc(S(=O)(=O)N3[C@@H](C)CCC[C@@H]3C)cc2)cc1. The molecule has 7 heteroatoms. The van der Waals surface area contributed by atoms with Gasteiger partial charge >= 0.3 is 0 Å². The third-order valence-corrected chi connectivity index (χ3v) is 7.46. The Kier molecular flexibility index (Phi) is 6.37. The van der Waals surface area contributed by atoms with Crippen LogP contribution in [0, 0.1) is 6.92 Å². The summed E-state index contributed by atoms with van der Waals surface area (Å²) in [4.78, 5) is 0.316. The molecule has 28 heavy (non-hydrogen) atoms.